The number of rotatable bonds is 6. The van der Waals surface area contributed by atoms with Gasteiger partial charge in [0, 0.05) is 29.1 Å². The van der Waals surface area contributed by atoms with Gasteiger partial charge in [0.2, 0.25) is 5.82 Å². The molecule has 0 bridgehead atoms. The summed E-state index contributed by atoms with van der Waals surface area (Å²) in [5.74, 6) is -1.67. The predicted molar refractivity (Wildman–Crippen MR) is 109 cm³/mol. The van der Waals surface area contributed by atoms with E-state index in [9.17, 15) is 18.0 Å². The zero-order valence-corrected chi connectivity index (χ0v) is 16.9. The number of carbonyl (C=O) groups excluding carboxylic acids is 1. The summed E-state index contributed by atoms with van der Waals surface area (Å²) in [6.45, 7) is 0.101. The number of carbonyl (C=O) groups is 1. The summed E-state index contributed by atoms with van der Waals surface area (Å²) >= 11 is 0. The lowest BCUT2D eigenvalue weighted by Crippen LogP contribution is -2.24. The number of hydrogen-bond donors (Lipinski definition) is 1. The first-order valence-corrected chi connectivity index (χ1v) is 9.66. The molecule has 4 aromatic rings. The molecule has 0 unspecified atom stereocenters. The minimum absolute atomic E-state index is 0.0413. The maximum Gasteiger partial charge on any atom is 0.471 e. The van der Waals surface area contributed by atoms with Gasteiger partial charge in [-0.25, -0.2) is 4.79 Å². The molecule has 1 N–H and O–H groups in total. The standard InChI is InChI=1S/C22H16F3N5O3/c23-22(24,25)20-29-19(30-33-20)16-7-8-17(26-11-16)12-28-21(31)32-13-14-6-9-18(27-10-14)15-4-2-1-3-5-15/h1-11H,12-13H2,(H,28,31). The Labute approximate surface area is 185 Å². The molecule has 0 saturated carbocycles. The van der Waals surface area contributed by atoms with Crippen LogP contribution in [0, 0.1) is 0 Å². The Morgan fingerprint density at radius 2 is 1.79 bits per heavy atom. The molecule has 33 heavy (non-hydrogen) atoms. The van der Waals surface area contributed by atoms with E-state index in [-0.39, 0.29) is 24.5 Å². The minimum Gasteiger partial charge on any atom is -0.445 e. The van der Waals surface area contributed by atoms with E-state index < -0.39 is 18.2 Å². The molecule has 3 aromatic heterocycles. The van der Waals surface area contributed by atoms with E-state index in [0.29, 0.717) is 5.69 Å². The number of halogens is 3. The fourth-order valence-electron chi connectivity index (χ4n) is 2.77. The molecule has 3 heterocycles. The molecule has 1 amide bonds. The smallest absolute Gasteiger partial charge is 0.445 e. The van der Waals surface area contributed by atoms with Crippen molar-refractivity contribution in [1.29, 1.82) is 0 Å². The van der Waals surface area contributed by atoms with Crippen molar-refractivity contribution < 1.29 is 27.2 Å². The Balaban J connectivity index is 1.25. The van der Waals surface area contributed by atoms with Crippen LogP contribution in [0.4, 0.5) is 18.0 Å². The average molecular weight is 455 g/mol. The van der Waals surface area contributed by atoms with Crippen LogP contribution in [-0.2, 0) is 24.1 Å². The van der Waals surface area contributed by atoms with Crippen LogP contribution in [0.3, 0.4) is 0 Å². The van der Waals surface area contributed by atoms with Crippen LogP contribution >= 0.6 is 0 Å². The highest BCUT2D eigenvalue weighted by atomic mass is 19.4. The van der Waals surface area contributed by atoms with Crippen molar-refractivity contribution in [2.75, 3.05) is 0 Å². The molecular formula is C22H16F3N5O3. The molecule has 4 rings (SSSR count). The van der Waals surface area contributed by atoms with Gasteiger partial charge in [-0.15, -0.1) is 0 Å². The van der Waals surface area contributed by atoms with Gasteiger partial charge in [0.1, 0.15) is 6.61 Å². The third-order valence-electron chi connectivity index (χ3n) is 4.43. The number of pyridine rings is 2. The summed E-state index contributed by atoms with van der Waals surface area (Å²) < 4.78 is 47.0. The van der Waals surface area contributed by atoms with Gasteiger partial charge >= 0.3 is 18.2 Å². The Bertz CT molecular complexity index is 1210. The normalized spacial score (nSPS) is 11.2. The topological polar surface area (TPSA) is 103 Å². The molecule has 0 fully saturated rings. The lowest BCUT2D eigenvalue weighted by atomic mass is 10.1. The summed E-state index contributed by atoms with van der Waals surface area (Å²) in [5, 5.41) is 5.84. The highest BCUT2D eigenvalue weighted by molar-refractivity contribution is 5.67. The van der Waals surface area contributed by atoms with E-state index in [1.165, 1.54) is 18.3 Å². The lowest BCUT2D eigenvalue weighted by molar-refractivity contribution is -0.159. The summed E-state index contributed by atoms with van der Waals surface area (Å²) in [6.07, 6.45) is -2.45. The number of hydrogen-bond acceptors (Lipinski definition) is 7. The molecule has 0 spiro atoms. The summed E-state index contributed by atoms with van der Waals surface area (Å²) in [5.41, 5.74) is 3.23. The largest absolute Gasteiger partial charge is 0.471 e. The van der Waals surface area contributed by atoms with E-state index >= 15 is 0 Å². The van der Waals surface area contributed by atoms with E-state index in [1.54, 1.807) is 6.20 Å². The zero-order valence-electron chi connectivity index (χ0n) is 16.9. The SMILES string of the molecule is O=C(NCc1ccc(-c2noc(C(F)(F)F)n2)cn1)OCc1ccc(-c2ccccc2)nc1. The van der Waals surface area contributed by atoms with Crippen molar-refractivity contribution in [2.45, 2.75) is 19.3 Å². The highest BCUT2D eigenvalue weighted by Gasteiger charge is 2.38. The van der Waals surface area contributed by atoms with Crippen LogP contribution in [0.2, 0.25) is 0 Å². The number of amides is 1. The van der Waals surface area contributed by atoms with Gasteiger partial charge < -0.3 is 14.6 Å². The van der Waals surface area contributed by atoms with Gasteiger partial charge in [-0.2, -0.15) is 18.2 Å². The molecule has 0 aliphatic rings. The summed E-state index contributed by atoms with van der Waals surface area (Å²) in [6, 6.07) is 16.3. The maximum atomic E-state index is 12.5. The number of alkyl carbamates (subject to hydrolysis) is 1. The van der Waals surface area contributed by atoms with E-state index in [4.69, 9.17) is 4.74 Å². The van der Waals surface area contributed by atoms with Crippen molar-refractivity contribution in [2.24, 2.45) is 0 Å². The van der Waals surface area contributed by atoms with Crippen molar-refractivity contribution in [3.63, 3.8) is 0 Å². The number of alkyl halides is 3. The van der Waals surface area contributed by atoms with Crippen LogP contribution in [0.5, 0.6) is 0 Å². The van der Waals surface area contributed by atoms with Gasteiger partial charge in [-0.3, -0.25) is 9.97 Å². The summed E-state index contributed by atoms with van der Waals surface area (Å²) in [4.78, 5) is 23.7. The Kier molecular flexibility index (Phi) is 6.29. The van der Waals surface area contributed by atoms with Gasteiger partial charge in [0.05, 0.1) is 17.9 Å². The number of benzene rings is 1. The molecule has 11 heteroatoms. The highest BCUT2D eigenvalue weighted by Crippen LogP contribution is 2.29. The second-order valence-electron chi connectivity index (χ2n) is 6.81. The van der Waals surface area contributed by atoms with Crippen LogP contribution in [-0.4, -0.2) is 26.2 Å². The molecule has 0 atom stereocenters. The van der Waals surface area contributed by atoms with Crippen molar-refractivity contribution in [3.05, 3.63) is 84.1 Å². The quantitative estimate of drug-likeness (QED) is 0.452. The number of aromatic nitrogens is 4. The fraction of sp³-hybridized carbons (Fsp3) is 0.136. The maximum absolute atomic E-state index is 12.5. The predicted octanol–water partition coefficient (Wildman–Crippen LogP) is 4.64. The van der Waals surface area contributed by atoms with E-state index in [2.05, 4.69) is 29.9 Å². The Morgan fingerprint density at radius 1 is 0.970 bits per heavy atom. The molecule has 1 aromatic carbocycles. The molecule has 0 saturated heterocycles. The second-order valence-corrected chi connectivity index (χ2v) is 6.81. The molecule has 168 valence electrons. The van der Waals surface area contributed by atoms with Crippen LogP contribution in [0.1, 0.15) is 17.1 Å². The third-order valence-corrected chi connectivity index (χ3v) is 4.43. The first-order valence-electron chi connectivity index (χ1n) is 9.66. The average Bonchev–Trinajstić information content (AvgIpc) is 3.34. The molecule has 0 radical (unpaired) electrons. The fourth-order valence-corrected chi connectivity index (χ4v) is 2.77. The van der Waals surface area contributed by atoms with Gasteiger partial charge in [-0.05, 0) is 18.2 Å². The Hall–Kier alpha value is -4.28. The van der Waals surface area contributed by atoms with Crippen LogP contribution in [0.25, 0.3) is 22.6 Å². The monoisotopic (exact) mass is 455 g/mol. The third kappa shape index (κ3) is 5.70. The Morgan fingerprint density at radius 3 is 2.42 bits per heavy atom. The van der Waals surface area contributed by atoms with Gasteiger partial charge in [0.15, 0.2) is 0 Å². The second kappa shape index (κ2) is 9.47. The minimum atomic E-state index is -4.72. The first kappa shape index (κ1) is 21.9. The zero-order chi connectivity index (χ0) is 23.3. The number of nitrogens with one attached hydrogen (secondary N) is 1. The van der Waals surface area contributed by atoms with E-state index in [0.717, 1.165) is 16.8 Å². The molecule has 8 nitrogen and oxygen atoms in total. The molecule has 0 aliphatic carbocycles. The van der Waals surface area contributed by atoms with Crippen LogP contribution in [0.15, 0.2) is 71.5 Å². The lowest BCUT2D eigenvalue weighted by Gasteiger charge is -2.07. The van der Waals surface area contributed by atoms with E-state index in [1.807, 2.05) is 42.5 Å². The number of nitrogens with zero attached hydrogens (tertiary/aromatic N) is 4. The van der Waals surface area contributed by atoms with Crippen molar-refractivity contribution in [3.8, 4) is 22.6 Å². The van der Waals surface area contributed by atoms with Crippen molar-refractivity contribution in [1.82, 2.24) is 25.4 Å². The first-order chi connectivity index (χ1) is 15.9. The summed E-state index contributed by atoms with van der Waals surface area (Å²) in [7, 11) is 0. The van der Waals surface area contributed by atoms with Gasteiger partial charge in [-0.1, -0.05) is 41.6 Å². The van der Waals surface area contributed by atoms with Crippen molar-refractivity contribution >= 4 is 6.09 Å². The molecule has 0 aliphatic heterocycles. The van der Waals surface area contributed by atoms with Crippen LogP contribution < -0.4 is 5.32 Å². The molecular weight excluding hydrogens is 439 g/mol. The van der Waals surface area contributed by atoms with Gasteiger partial charge in [0.25, 0.3) is 0 Å². The number of ether oxygens (including phenoxy) is 1.